The first-order chi connectivity index (χ1) is 9.08. The molecule has 0 aliphatic carbocycles. The van der Waals surface area contributed by atoms with E-state index in [0.29, 0.717) is 5.56 Å². The van der Waals surface area contributed by atoms with Crippen LogP contribution in [0.25, 0.3) is 0 Å². The Morgan fingerprint density at radius 1 is 1.37 bits per heavy atom. The van der Waals surface area contributed by atoms with Crippen LogP contribution < -0.4 is 10.2 Å². The summed E-state index contributed by atoms with van der Waals surface area (Å²) in [5.74, 6) is 0.738. The fraction of sp³-hybridized carbons (Fsp3) is 0.286. The van der Waals surface area contributed by atoms with E-state index in [4.69, 9.17) is 0 Å². The maximum Gasteiger partial charge on any atom is 0.253 e. The van der Waals surface area contributed by atoms with E-state index in [-0.39, 0.29) is 11.9 Å². The van der Waals surface area contributed by atoms with E-state index in [2.05, 4.69) is 10.3 Å². The highest BCUT2D eigenvalue weighted by molar-refractivity contribution is 7.10. The highest BCUT2D eigenvalue weighted by atomic mass is 32.1. The Morgan fingerprint density at radius 2 is 2.16 bits per heavy atom. The minimum absolute atomic E-state index is 0.0148. The summed E-state index contributed by atoms with van der Waals surface area (Å²) in [7, 11) is 3.84. The molecule has 2 aromatic rings. The fourth-order valence-corrected chi connectivity index (χ4v) is 2.41. The number of nitrogens with one attached hydrogen (secondary N) is 1. The van der Waals surface area contributed by atoms with Gasteiger partial charge in [0.05, 0.1) is 11.6 Å². The van der Waals surface area contributed by atoms with Crippen LogP contribution in [0.1, 0.15) is 28.2 Å². The molecular weight excluding hydrogens is 258 g/mol. The topological polar surface area (TPSA) is 45.2 Å². The van der Waals surface area contributed by atoms with E-state index in [1.807, 2.05) is 49.5 Å². The predicted molar refractivity (Wildman–Crippen MR) is 78.8 cm³/mol. The molecule has 0 radical (unpaired) electrons. The number of amides is 1. The van der Waals surface area contributed by atoms with Gasteiger partial charge in [-0.1, -0.05) is 6.07 Å². The van der Waals surface area contributed by atoms with Gasteiger partial charge < -0.3 is 10.2 Å². The van der Waals surface area contributed by atoms with Crippen molar-refractivity contribution < 1.29 is 4.79 Å². The molecule has 0 saturated carbocycles. The first-order valence-electron chi connectivity index (χ1n) is 6.05. The van der Waals surface area contributed by atoms with Crippen LogP contribution in [-0.4, -0.2) is 25.0 Å². The second kappa shape index (κ2) is 5.84. The molecular formula is C14H17N3OS. The normalized spacial score (nSPS) is 11.9. The number of carbonyl (C=O) groups is 1. The lowest BCUT2D eigenvalue weighted by Crippen LogP contribution is -2.26. The minimum Gasteiger partial charge on any atom is -0.363 e. The largest absolute Gasteiger partial charge is 0.363 e. The maximum atomic E-state index is 12.1. The third-order valence-electron chi connectivity index (χ3n) is 2.79. The molecule has 4 nitrogen and oxygen atoms in total. The molecule has 1 atom stereocenters. The number of pyridine rings is 1. The van der Waals surface area contributed by atoms with Crippen molar-refractivity contribution in [1.82, 2.24) is 10.3 Å². The summed E-state index contributed by atoms with van der Waals surface area (Å²) < 4.78 is 0. The van der Waals surface area contributed by atoms with Crippen molar-refractivity contribution in [3.8, 4) is 0 Å². The molecule has 1 N–H and O–H groups in total. The second-order valence-electron chi connectivity index (χ2n) is 4.51. The van der Waals surface area contributed by atoms with Gasteiger partial charge >= 0.3 is 0 Å². The van der Waals surface area contributed by atoms with E-state index in [1.165, 1.54) is 0 Å². The summed E-state index contributed by atoms with van der Waals surface area (Å²) in [6, 6.07) is 7.64. The molecule has 5 heteroatoms. The molecule has 0 aliphatic rings. The van der Waals surface area contributed by atoms with Crippen LogP contribution in [0, 0.1) is 0 Å². The van der Waals surface area contributed by atoms with Crippen molar-refractivity contribution >= 4 is 23.1 Å². The van der Waals surface area contributed by atoms with Crippen LogP contribution in [-0.2, 0) is 0 Å². The van der Waals surface area contributed by atoms with Crippen molar-refractivity contribution in [2.24, 2.45) is 0 Å². The zero-order valence-corrected chi connectivity index (χ0v) is 12.1. The standard InChI is InChI=1S/C14H17N3OS/c1-10(12-5-4-8-19-12)16-14(18)11-6-7-13(15-9-11)17(2)3/h4-10H,1-3H3,(H,16,18). The fourth-order valence-electron chi connectivity index (χ4n) is 1.67. The summed E-state index contributed by atoms with van der Waals surface area (Å²) in [5, 5.41) is 4.97. The molecule has 0 aliphatic heterocycles. The van der Waals surface area contributed by atoms with Crippen LogP contribution in [0.15, 0.2) is 35.8 Å². The van der Waals surface area contributed by atoms with E-state index >= 15 is 0 Å². The van der Waals surface area contributed by atoms with Gasteiger partial charge in [0.15, 0.2) is 0 Å². The van der Waals surface area contributed by atoms with E-state index < -0.39 is 0 Å². The Kier molecular flexibility index (Phi) is 4.16. The van der Waals surface area contributed by atoms with Crippen LogP contribution in [0.4, 0.5) is 5.82 Å². The average molecular weight is 275 g/mol. The molecule has 100 valence electrons. The highest BCUT2D eigenvalue weighted by Crippen LogP contribution is 2.18. The van der Waals surface area contributed by atoms with Gasteiger partial charge in [0.1, 0.15) is 5.82 Å². The lowest BCUT2D eigenvalue weighted by molar-refractivity contribution is 0.0940. The van der Waals surface area contributed by atoms with E-state index in [0.717, 1.165) is 10.7 Å². The van der Waals surface area contributed by atoms with Crippen molar-refractivity contribution in [3.63, 3.8) is 0 Å². The number of aromatic nitrogens is 1. The van der Waals surface area contributed by atoms with Crippen LogP contribution in [0.2, 0.25) is 0 Å². The summed E-state index contributed by atoms with van der Waals surface area (Å²) >= 11 is 1.64. The number of hydrogen-bond acceptors (Lipinski definition) is 4. The van der Waals surface area contributed by atoms with Crippen molar-refractivity contribution in [3.05, 3.63) is 46.3 Å². The number of rotatable bonds is 4. The summed E-state index contributed by atoms with van der Waals surface area (Å²) in [6.45, 7) is 1.98. The first-order valence-corrected chi connectivity index (χ1v) is 6.93. The molecule has 0 aromatic carbocycles. The SMILES string of the molecule is CC(NC(=O)c1ccc(N(C)C)nc1)c1cccs1. The first kappa shape index (κ1) is 13.5. The Hall–Kier alpha value is -1.88. The number of nitrogens with zero attached hydrogens (tertiary/aromatic N) is 2. The Morgan fingerprint density at radius 3 is 2.68 bits per heavy atom. The van der Waals surface area contributed by atoms with Crippen molar-refractivity contribution in [2.45, 2.75) is 13.0 Å². The van der Waals surface area contributed by atoms with Gasteiger partial charge in [-0.25, -0.2) is 4.98 Å². The summed E-state index contributed by atoms with van der Waals surface area (Å²) in [4.78, 5) is 19.4. The number of thiophene rings is 1. The average Bonchev–Trinajstić information content (AvgIpc) is 2.92. The smallest absolute Gasteiger partial charge is 0.253 e. The Balaban J connectivity index is 2.03. The van der Waals surface area contributed by atoms with Gasteiger partial charge in [0.25, 0.3) is 5.91 Å². The molecule has 19 heavy (non-hydrogen) atoms. The van der Waals surface area contributed by atoms with Gasteiger partial charge in [0, 0.05) is 25.2 Å². The van der Waals surface area contributed by atoms with Gasteiger partial charge in [-0.05, 0) is 30.5 Å². The molecule has 2 heterocycles. The minimum atomic E-state index is -0.0984. The molecule has 0 bridgehead atoms. The number of carbonyl (C=O) groups excluding carboxylic acids is 1. The molecule has 2 rings (SSSR count). The third-order valence-corrected chi connectivity index (χ3v) is 3.84. The summed E-state index contributed by atoms with van der Waals surface area (Å²) in [6.07, 6.45) is 1.60. The zero-order chi connectivity index (χ0) is 13.8. The number of anilines is 1. The predicted octanol–water partition coefficient (Wildman–Crippen LogP) is 2.70. The lowest BCUT2D eigenvalue weighted by atomic mass is 10.2. The van der Waals surface area contributed by atoms with E-state index in [9.17, 15) is 4.79 Å². The molecule has 0 spiro atoms. The monoisotopic (exact) mass is 275 g/mol. The Bertz CT molecular complexity index is 534. The highest BCUT2D eigenvalue weighted by Gasteiger charge is 2.12. The summed E-state index contributed by atoms with van der Waals surface area (Å²) in [5.41, 5.74) is 0.578. The van der Waals surface area contributed by atoms with E-state index in [1.54, 1.807) is 23.6 Å². The second-order valence-corrected chi connectivity index (χ2v) is 5.49. The molecule has 2 aromatic heterocycles. The van der Waals surface area contributed by atoms with Crippen molar-refractivity contribution in [1.29, 1.82) is 0 Å². The van der Waals surface area contributed by atoms with Gasteiger partial charge in [0.2, 0.25) is 0 Å². The zero-order valence-electron chi connectivity index (χ0n) is 11.3. The molecule has 0 saturated heterocycles. The lowest BCUT2D eigenvalue weighted by Gasteiger charge is -2.13. The van der Waals surface area contributed by atoms with Crippen LogP contribution in [0.5, 0.6) is 0 Å². The van der Waals surface area contributed by atoms with Gasteiger partial charge in [-0.15, -0.1) is 11.3 Å². The molecule has 1 amide bonds. The van der Waals surface area contributed by atoms with Crippen molar-refractivity contribution in [2.75, 3.05) is 19.0 Å². The molecule has 1 unspecified atom stereocenters. The van der Waals surface area contributed by atoms with Gasteiger partial charge in [-0.3, -0.25) is 4.79 Å². The quantitative estimate of drug-likeness (QED) is 0.933. The Labute approximate surface area is 117 Å². The molecule has 0 fully saturated rings. The van der Waals surface area contributed by atoms with Crippen LogP contribution >= 0.6 is 11.3 Å². The third kappa shape index (κ3) is 3.32. The number of hydrogen-bond donors (Lipinski definition) is 1. The van der Waals surface area contributed by atoms with Crippen LogP contribution in [0.3, 0.4) is 0 Å². The maximum absolute atomic E-state index is 12.1. The van der Waals surface area contributed by atoms with Gasteiger partial charge in [-0.2, -0.15) is 0 Å².